The molecular weight excluding hydrogens is 250 g/mol. The molecule has 1 unspecified atom stereocenters. The van der Waals surface area contributed by atoms with Crippen LogP contribution in [0.15, 0.2) is 12.1 Å². The molecule has 1 aromatic rings. The lowest BCUT2D eigenvalue weighted by Crippen LogP contribution is -2.40. The van der Waals surface area contributed by atoms with Crippen LogP contribution in [0.3, 0.4) is 0 Å². The van der Waals surface area contributed by atoms with Gasteiger partial charge in [0.1, 0.15) is 5.82 Å². The molecule has 20 heavy (non-hydrogen) atoms. The number of nitrogens with zero attached hydrogens (tertiary/aromatic N) is 2. The predicted molar refractivity (Wildman–Crippen MR) is 83.2 cm³/mol. The Bertz CT molecular complexity index is 422. The minimum atomic E-state index is 0.364. The van der Waals surface area contributed by atoms with Gasteiger partial charge in [-0.3, -0.25) is 0 Å². The average molecular weight is 277 g/mol. The molecule has 1 aliphatic heterocycles. The molecule has 4 nitrogen and oxygen atoms in total. The lowest BCUT2D eigenvalue weighted by Gasteiger charge is -2.33. The summed E-state index contributed by atoms with van der Waals surface area (Å²) in [7, 11) is 1.97. The number of piperidine rings is 1. The molecule has 0 aromatic carbocycles. The molecule has 0 radical (unpaired) electrons. The highest BCUT2D eigenvalue weighted by Gasteiger charge is 2.21. The lowest BCUT2D eigenvalue weighted by molar-refractivity contribution is 0.0439. The van der Waals surface area contributed by atoms with E-state index in [4.69, 9.17) is 9.72 Å². The summed E-state index contributed by atoms with van der Waals surface area (Å²) in [4.78, 5) is 7.12. The number of ether oxygens (including phenoxy) is 1. The topological polar surface area (TPSA) is 37.4 Å². The van der Waals surface area contributed by atoms with Crippen LogP contribution in [0.25, 0.3) is 0 Å². The van der Waals surface area contributed by atoms with Crippen molar-refractivity contribution in [2.24, 2.45) is 0 Å². The summed E-state index contributed by atoms with van der Waals surface area (Å²) in [6, 6.07) is 4.33. The third-order valence-corrected chi connectivity index (χ3v) is 3.81. The highest BCUT2D eigenvalue weighted by Crippen LogP contribution is 2.21. The Labute approximate surface area is 122 Å². The summed E-state index contributed by atoms with van der Waals surface area (Å²) >= 11 is 0. The van der Waals surface area contributed by atoms with Crippen molar-refractivity contribution in [2.75, 3.05) is 31.6 Å². The first kappa shape index (κ1) is 15.3. The van der Waals surface area contributed by atoms with Crippen LogP contribution in [0.5, 0.6) is 0 Å². The highest BCUT2D eigenvalue weighted by atomic mass is 16.5. The van der Waals surface area contributed by atoms with Crippen LogP contribution in [-0.4, -0.2) is 37.8 Å². The van der Waals surface area contributed by atoms with E-state index < -0.39 is 0 Å². The summed E-state index contributed by atoms with van der Waals surface area (Å²) < 4.78 is 5.90. The van der Waals surface area contributed by atoms with Crippen molar-refractivity contribution in [3.05, 3.63) is 23.4 Å². The zero-order chi connectivity index (χ0) is 14.4. The van der Waals surface area contributed by atoms with Gasteiger partial charge in [-0.1, -0.05) is 13.0 Å². The van der Waals surface area contributed by atoms with Crippen LogP contribution in [0.1, 0.15) is 37.4 Å². The first-order valence-electron chi connectivity index (χ1n) is 7.72. The van der Waals surface area contributed by atoms with Gasteiger partial charge in [-0.15, -0.1) is 0 Å². The van der Waals surface area contributed by atoms with E-state index in [1.807, 2.05) is 7.05 Å². The zero-order valence-electron chi connectivity index (χ0n) is 13.0. The highest BCUT2D eigenvalue weighted by molar-refractivity contribution is 5.42. The number of aromatic nitrogens is 1. The lowest BCUT2D eigenvalue weighted by atomic mass is 10.1. The minimum Gasteiger partial charge on any atom is -0.376 e. The Morgan fingerprint density at radius 3 is 3.00 bits per heavy atom. The van der Waals surface area contributed by atoms with Crippen LogP contribution < -0.4 is 10.2 Å². The molecule has 1 aromatic heterocycles. The van der Waals surface area contributed by atoms with Crippen molar-refractivity contribution >= 4 is 5.82 Å². The smallest absolute Gasteiger partial charge is 0.128 e. The maximum absolute atomic E-state index is 5.90. The fraction of sp³-hybridized carbons (Fsp3) is 0.688. The fourth-order valence-electron chi connectivity index (χ4n) is 2.70. The Balaban J connectivity index is 2.01. The van der Waals surface area contributed by atoms with Crippen LogP contribution in [0.4, 0.5) is 5.82 Å². The van der Waals surface area contributed by atoms with E-state index in [-0.39, 0.29) is 0 Å². The number of nitrogens with one attached hydrogen (secondary N) is 1. The SMILES string of the molecule is CCCOC1CCCN(c2ccc(CNC)c(C)n2)C1. The normalized spacial score (nSPS) is 19.4. The van der Waals surface area contributed by atoms with Gasteiger partial charge in [0.2, 0.25) is 0 Å². The largest absolute Gasteiger partial charge is 0.376 e. The van der Waals surface area contributed by atoms with Gasteiger partial charge in [0.15, 0.2) is 0 Å². The summed E-state index contributed by atoms with van der Waals surface area (Å²) in [5, 5.41) is 3.18. The Morgan fingerprint density at radius 1 is 1.45 bits per heavy atom. The zero-order valence-corrected chi connectivity index (χ0v) is 13.0. The maximum Gasteiger partial charge on any atom is 0.128 e. The second-order valence-corrected chi connectivity index (χ2v) is 5.53. The quantitative estimate of drug-likeness (QED) is 0.867. The number of rotatable bonds is 6. The molecule has 0 amide bonds. The van der Waals surface area contributed by atoms with Crippen molar-refractivity contribution in [1.29, 1.82) is 0 Å². The van der Waals surface area contributed by atoms with Gasteiger partial charge in [0.25, 0.3) is 0 Å². The molecule has 0 spiro atoms. The van der Waals surface area contributed by atoms with E-state index >= 15 is 0 Å². The molecule has 1 aliphatic rings. The Kier molecular flexibility index (Phi) is 5.80. The van der Waals surface area contributed by atoms with Gasteiger partial charge in [0.05, 0.1) is 6.10 Å². The van der Waals surface area contributed by atoms with E-state index in [2.05, 4.69) is 36.2 Å². The number of pyridine rings is 1. The van der Waals surface area contributed by atoms with Gasteiger partial charge in [0, 0.05) is 31.9 Å². The molecule has 1 N–H and O–H groups in total. The summed E-state index contributed by atoms with van der Waals surface area (Å²) in [5.74, 6) is 1.09. The number of hydrogen-bond donors (Lipinski definition) is 1. The molecule has 1 atom stereocenters. The molecule has 0 saturated carbocycles. The van der Waals surface area contributed by atoms with Crippen molar-refractivity contribution in [3.63, 3.8) is 0 Å². The summed E-state index contributed by atoms with van der Waals surface area (Å²) in [5.41, 5.74) is 2.39. The molecule has 0 bridgehead atoms. The molecule has 1 fully saturated rings. The van der Waals surface area contributed by atoms with E-state index in [1.54, 1.807) is 0 Å². The molecule has 0 aliphatic carbocycles. The van der Waals surface area contributed by atoms with Crippen LogP contribution in [0.2, 0.25) is 0 Å². The van der Waals surface area contributed by atoms with E-state index in [9.17, 15) is 0 Å². The number of aryl methyl sites for hydroxylation is 1. The second-order valence-electron chi connectivity index (χ2n) is 5.53. The molecule has 112 valence electrons. The van der Waals surface area contributed by atoms with E-state index in [1.165, 1.54) is 18.4 Å². The number of anilines is 1. The van der Waals surface area contributed by atoms with Crippen molar-refractivity contribution in [1.82, 2.24) is 10.3 Å². The third kappa shape index (κ3) is 3.93. The van der Waals surface area contributed by atoms with Gasteiger partial charge in [-0.05, 0) is 44.9 Å². The predicted octanol–water partition coefficient (Wildman–Crippen LogP) is 2.50. The van der Waals surface area contributed by atoms with E-state index in [0.717, 1.165) is 44.2 Å². The van der Waals surface area contributed by atoms with Crippen LogP contribution in [0, 0.1) is 6.92 Å². The molecule has 2 rings (SSSR count). The molecular formula is C16H27N3O. The van der Waals surface area contributed by atoms with Crippen molar-refractivity contribution in [3.8, 4) is 0 Å². The second kappa shape index (κ2) is 7.60. The third-order valence-electron chi connectivity index (χ3n) is 3.81. The van der Waals surface area contributed by atoms with Gasteiger partial charge in [-0.25, -0.2) is 4.98 Å². The first-order valence-corrected chi connectivity index (χ1v) is 7.72. The van der Waals surface area contributed by atoms with E-state index in [0.29, 0.717) is 6.10 Å². The van der Waals surface area contributed by atoms with Gasteiger partial charge >= 0.3 is 0 Å². The average Bonchev–Trinajstić information content (AvgIpc) is 2.48. The molecule has 1 saturated heterocycles. The Morgan fingerprint density at radius 2 is 2.30 bits per heavy atom. The maximum atomic E-state index is 5.90. The molecule has 2 heterocycles. The van der Waals surface area contributed by atoms with Gasteiger partial charge < -0.3 is 15.0 Å². The summed E-state index contributed by atoms with van der Waals surface area (Å²) in [6.07, 6.45) is 3.82. The van der Waals surface area contributed by atoms with Crippen LogP contribution in [-0.2, 0) is 11.3 Å². The molecule has 4 heteroatoms. The standard InChI is InChI=1S/C16H27N3O/c1-4-10-20-15-6-5-9-19(12-15)16-8-7-14(11-17-3)13(2)18-16/h7-8,15,17H,4-6,9-12H2,1-3H3. The van der Waals surface area contributed by atoms with Crippen molar-refractivity contribution < 1.29 is 4.74 Å². The fourth-order valence-corrected chi connectivity index (χ4v) is 2.70. The van der Waals surface area contributed by atoms with Crippen molar-refractivity contribution in [2.45, 2.75) is 45.8 Å². The summed E-state index contributed by atoms with van der Waals surface area (Å²) in [6.45, 7) is 8.05. The van der Waals surface area contributed by atoms with Gasteiger partial charge in [-0.2, -0.15) is 0 Å². The van der Waals surface area contributed by atoms with Crippen LogP contribution >= 0.6 is 0 Å². The monoisotopic (exact) mass is 277 g/mol. The Hall–Kier alpha value is -1.13. The number of hydrogen-bond acceptors (Lipinski definition) is 4. The minimum absolute atomic E-state index is 0.364. The first-order chi connectivity index (χ1) is 9.74.